The molecule has 162 valence electrons. The third-order valence-corrected chi connectivity index (χ3v) is 5.59. The first-order valence-corrected chi connectivity index (χ1v) is 10.2. The lowest BCUT2D eigenvalue weighted by molar-refractivity contribution is -0.138. The van der Waals surface area contributed by atoms with Gasteiger partial charge in [0.1, 0.15) is 23.4 Å². The highest BCUT2D eigenvalue weighted by Gasteiger charge is 2.38. The summed E-state index contributed by atoms with van der Waals surface area (Å²) < 4.78 is 19.1. The molecule has 0 aliphatic carbocycles. The van der Waals surface area contributed by atoms with Crippen LogP contribution in [0.2, 0.25) is 0 Å². The average Bonchev–Trinajstić information content (AvgIpc) is 3.15. The Balaban J connectivity index is 1.38. The molecular formula is C22H23FN4O4. The van der Waals surface area contributed by atoms with Gasteiger partial charge in [-0.05, 0) is 43.2 Å². The Morgan fingerprint density at radius 2 is 1.94 bits per heavy atom. The van der Waals surface area contributed by atoms with E-state index in [4.69, 9.17) is 10.5 Å². The molecule has 4 rings (SSSR count). The number of nitrogens with zero attached hydrogens (tertiary/aromatic N) is 3. The van der Waals surface area contributed by atoms with Gasteiger partial charge < -0.3 is 20.3 Å². The normalized spacial score (nSPS) is 21.3. The lowest BCUT2D eigenvalue weighted by Crippen LogP contribution is -2.47. The third kappa shape index (κ3) is 4.65. The molecule has 2 atom stereocenters. The van der Waals surface area contributed by atoms with Crippen LogP contribution in [-0.4, -0.2) is 53.3 Å². The zero-order valence-corrected chi connectivity index (χ0v) is 16.9. The minimum Gasteiger partial charge on any atom is -0.488 e. The van der Waals surface area contributed by atoms with Gasteiger partial charge in [0.25, 0.3) is 5.91 Å². The molecule has 2 aliphatic rings. The van der Waals surface area contributed by atoms with Gasteiger partial charge in [-0.3, -0.25) is 19.4 Å². The van der Waals surface area contributed by atoms with E-state index in [0.717, 1.165) is 12.8 Å². The van der Waals surface area contributed by atoms with E-state index in [1.165, 1.54) is 29.3 Å². The van der Waals surface area contributed by atoms with E-state index in [1.807, 2.05) is 0 Å². The van der Waals surface area contributed by atoms with Crippen LogP contribution in [0.25, 0.3) is 0 Å². The van der Waals surface area contributed by atoms with Gasteiger partial charge in [-0.2, -0.15) is 0 Å². The summed E-state index contributed by atoms with van der Waals surface area (Å²) in [7, 11) is 0. The molecule has 0 spiro atoms. The molecule has 2 aliphatic heterocycles. The molecule has 1 aromatic heterocycles. The maximum absolute atomic E-state index is 13.2. The molecule has 8 nitrogen and oxygen atoms in total. The first-order chi connectivity index (χ1) is 14.9. The topological polar surface area (TPSA) is 106 Å². The fraction of sp³-hybridized carbons (Fsp3) is 0.364. The smallest absolute Gasteiger partial charge is 0.267 e. The van der Waals surface area contributed by atoms with Gasteiger partial charge >= 0.3 is 0 Å². The number of likely N-dealkylation sites (tertiary alicyclic amines) is 1. The van der Waals surface area contributed by atoms with Crippen molar-refractivity contribution in [3.05, 3.63) is 54.1 Å². The number of pyridine rings is 1. The number of nitrogens with two attached hydrogens (primary N) is 1. The van der Waals surface area contributed by atoms with Crippen molar-refractivity contribution in [3.8, 4) is 5.75 Å². The molecule has 3 heterocycles. The van der Waals surface area contributed by atoms with E-state index in [0.29, 0.717) is 24.5 Å². The highest BCUT2D eigenvalue weighted by Crippen LogP contribution is 2.28. The number of carbonyl (C=O) groups is 3. The lowest BCUT2D eigenvalue weighted by Gasteiger charge is -2.34. The molecule has 2 aromatic rings. The van der Waals surface area contributed by atoms with Crippen molar-refractivity contribution in [2.75, 3.05) is 24.5 Å². The monoisotopic (exact) mass is 426 g/mol. The summed E-state index contributed by atoms with van der Waals surface area (Å²) in [5.74, 6) is -1.22. The number of primary amides is 1. The molecule has 2 N–H and O–H groups in total. The summed E-state index contributed by atoms with van der Waals surface area (Å²) in [5.41, 5.74) is 5.96. The maximum Gasteiger partial charge on any atom is 0.267 e. The number of hydrogen-bond acceptors (Lipinski definition) is 5. The predicted molar refractivity (Wildman–Crippen MR) is 110 cm³/mol. The van der Waals surface area contributed by atoms with Crippen molar-refractivity contribution < 1.29 is 23.5 Å². The quantitative estimate of drug-likeness (QED) is 0.784. The molecular weight excluding hydrogens is 403 g/mol. The second-order valence-electron chi connectivity index (χ2n) is 7.79. The summed E-state index contributed by atoms with van der Waals surface area (Å²) in [4.78, 5) is 44.0. The zero-order valence-electron chi connectivity index (χ0n) is 16.9. The number of halogens is 1. The van der Waals surface area contributed by atoms with Gasteiger partial charge in [0, 0.05) is 37.5 Å². The maximum atomic E-state index is 13.2. The minimum absolute atomic E-state index is 0.0844. The van der Waals surface area contributed by atoms with E-state index >= 15 is 0 Å². The second kappa shape index (κ2) is 8.71. The van der Waals surface area contributed by atoms with Crippen molar-refractivity contribution in [2.24, 2.45) is 11.7 Å². The number of rotatable bonds is 5. The Bertz CT molecular complexity index is 997. The van der Waals surface area contributed by atoms with Crippen molar-refractivity contribution in [1.29, 1.82) is 0 Å². The van der Waals surface area contributed by atoms with Crippen LogP contribution in [0.15, 0.2) is 42.6 Å². The molecule has 0 saturated carbocycles. The predicted octanol–water partition coefficient (Wildman–Crippen LogP) is 1.74. The molecule has 0 radical (unpaired) electrons. The van der Waals surface area contributed by atoms with E-state index in [9.17, 15) is 18.8 Å². The minimum atomic E-state index is -0.637. The molecule has 1 aromatic carbocycles. The van der Waals surface area contributed by atoms with E-state index < -0.39 is 11.8 Å². The Morgan fingerprint density at radius 1 is 1.16 bits per heavy atom. The molecule has 9 heteroatoms. The van der Waals surface area contributed by atoms with Crippen LogP contribution in [0.3, 0.4) is 0 Å². The SMILES string of the molecule is NC(=O)c1cc(OC2CCCN(C(=O)C3CC(=O)N(c4ccc(F)cc4)C3)C2)ccn1. The summed E-state index contributed by atoms with van der Waals surface area (Å²) in [6.07, 6.45) is 2.89. The molecule has 3 amide bonds. The fourth-order valence-electron chi connectivity index (χ4n) is 4.05. The molecule has 2 unspecified atom stereocenters. The number of benzene rings is 1. The van der Waals surface area contributed by atoms with E-state index in [2.05, 4.69) is 4.98 Å². The lowest BCUT2D eigenvalue weighted by atomic mass is 10.0. The highest BCUT2D eigenvalue weighted by atomic mass is 19.1. The van der Waals surface area contributed by atoms with Crippen molar-refractivity contribution >= 4 is 23.4 Å². The Labute approximate surface area is 178 Å². The number of aromatic nitrogens is 1. The standard InChI is InChI=1S/C22H23FN4O4/c23-15-3-5-16(6-4-15)27-12-14(10-20(27)28)22(30)26-9-1-2-18(13-26)31-17-7-8-25-19(11-17)21(24)29/h3-8,11,14,18H,1-2,9-10,12-13H2,(H2,24,29). The summed E-state index contributed by atoms with van der Waals surface area (Å²) in [6, 6.07) is 8.81. The fourth-order valence-corrected chi connectivity index (χ4v) is 4.05. The van der Waals surface area contributed by atoms with Crippen LogP contribution in [0.5, 0.6) is 5.75 Å². The highest BCUT2D eigenvalue weighted by molar-refractivity contribution is 6.00. The van der Waals surface area contributed by atoms with Gasteiger partial charge in [-0.1, -0.05) is 0 Å². The molecule has 2 saturated heterocycles. The van der Waals surface area contributed by atoms with Crippen LogP contribution in [0.4, 0.5) is 10.1 Å². The second-order valence-corrected chi connectivity index (χ2v) is 7.79. The van der Waals surface area contributed by atoms with Crippen LogP contribution in [0, 0.1) is 11.7 Å². The molecule has 31 heavy (non-hydrogen) atoms. The van der Waals surface area contributed by atoms with Crippen molar-refractivity contribution in [1.82, 2.24) is 9.88 Å². The molecule has 0 bridgehead atoms. The average molecular weight is 426 g/mol. The Morgan fingerprint density at radius 3 is 2.68 bits per heavy atom. The first-order valence-electron chi connectivity index (χ1n) is 10.2. The number of ether oxygens (including phenoxy) is 1. The largest absolute Gasteiger partial charge is 0.488 e. The van der Waals surface area contributed by atoms with Crippen LogP contribution in [-0.2, 0) is 9.59 Å². The summed E-state index contributed by atoms with van der Waals surface area (Å²) >= 11 is 0. The van der Waals surface area contributed by atoms with Gasteiger partial charge in [0.2, 0.25) is 11.8 Å². The number of hydrogen-bond donors (Lipinski definition) is 1. The summed E-state index contributed by atoms with van der Waals surface area (Å²) in [5, 5.41) is 0. The Kier molecular flexibility index (Phi) is 5.83. The number of carbonyl (C=O) groups excluding carboxylic acids is 3. The summed E-state index contributed by atoms with van der Waals surface area (Å²) in [6.45, 7) is 1.27. The number of anilines is 1. The van der Waals surface area contributed by atoms with E-state index in [-0.39, 0.29) is 42.4 Å². The van der Waals surface area contributed by atoms with Crippen LogP contribution >= 0.6 is 0 Å². The Hall–Kier alpha value is -3.49. The van der Waals surface area contributed by atoms with Gasteiger partial charge in [-0.15, -0.1) is 0 Å². The van der Waals surface area contributed by atoms with Gasteiger partial charge in [0.15, 0.2) is 0 Å². The number of amides is 3. The number of piperidine rings is 1. The van der Waals surface area contributed by atoms with Crippen molar-refractivity contribution in [2.45, 2.75) is 25.4 Å². The van der Waals surface area contributed by atoms with E-state index in [1.54, 1.807) is 23.1 Å². The van der Waals surface area contributed by atoms with Crippen LogP contribution < -0.4 is 15.4 Å². The van der Waals surface area contributed by atoms with Gasteiger partial charge in [0.05, 0.1) is 12.5 Å². The third-order valence-electron chi connectivity index (χ3n) is 5.59. The van der Waals surface area contributed by atoms with Crippen LogP contribution in [0.1, 0.15) is 29.8 Å². The zero-order chi connectivity index (χ0) is 22.0. The first kappa shape index (κ1) is 20.8. The van der Waals surface area contributed by atoms with Gasteiger partial charge in [-0.25, -0.2) is 4.39 Å². The molecule has 2 fully saturated rings. The van der Waals surface area contributed by atoms with Crippen molar-refractivity contribution in [3.63, 3.8) is 0 Å².